The fourth-order valence-electron chi connectivity index (χ4n) is 1.60. The normalized spacial score (nSPS) is 12.1. The van der Waals surface area contributed by atoms with Crippen molar-refractivity contribution >= 4 is 22.9 Å². The first-order chi connectivity index (χ1) is 8.90. The highest BCUT2D eigenvalue weighted by Crippen LogP contribution is 2.31. The molecule has 4 nitrogen and oxygen atoms in total. The minimum absolute atomic E-state index is 0.0226. The highest BCUT2D eigenvalue weighted by Gasteiger charge is 2.36. The molecule has 0 bridgehead atoms. The second-order valence-electron chi connectivity index (χ2n) is 3.75. The molecule has 0 aliphatic carbocycles. The van der Waals surface area contributed by atoms with Crippen molar-refractivity contribution in [2.75, 3.05) is 6.61 Å². The summed E-state index contributed by atoms with van der Waals surface area (Å²) >= 11 is 6.83. The van der Waals surface area contributed by atoms with Crippen LogP contribution in [0.1, 0.15) is 16.1 Å². The van der Waals surface area contributed by atoms with E-state index >= 15 is 0 Å². The molecule has 1 N–H and O–H groups in total. The Morgan fingerprint density at radius 2 is 2.16 bits per heavy atom. The highest BCUT2D eigenvalue weighted by molar-refractivity contribution is 7.15. The number of alkyl halides is 3. The van der Waals surface area contributed by atoms with Gasteiger partial charge in [0, 0.05) is 29.4 Å². The lowest BCUT2D eigenvalue weighted by Crippen LogP contribution is -2.10. The minimum Gasteiger partial charge on any atom is -0.396 e. The van der Waals surface area contributed by atoms with Gasteiger partial charge in [-0.2, -0.15) is 18.3 Å². The number of nitrogens with zero attached hydrogens (tertiary/aromatic N) is 3. The van der Waals surface area contributed by atoms with Crippen molar-refractivity contribution in [3.63, 3.8) is 0 Å². The zero-order valence-corrected chi connectivity index (χ0v) is 11.1. The number of halogens is 4. The summed E-state index contributed by atoms with van der Waals surface area (Å²) < 4.78 is 39.7. The van der Waals surface area contributed by atoms with E-state index < -0.39 is 11.9 Å². The Morgan fingerprint density at radius 1 is 1.42 bits per heavy atom. The predicted octanol–water partition coefficient (Wildman–Crippen LogP) is 2.59. The highest BCUT2D eigenvalue weighted by atomic mass is 35.5. The number of rotatable bonds is 4. The number of hydrogen-bond acceptors (Lipinski definition) is 4. The summed E-state index contributed by atoms with van der Waals surface area (Å²) in [4.78, 5) is 4.51. The molecule has 2 aromatic heterocycles. The van der Waals surface area contributed by atoms with E-state index in [1.165, 1.54) is 28.4 Å². The number of hydrogen-bond donors (Lipinski definition) is 1. The monoisotopic (exact) mass is 311 g/mol. The van der Waals surface area contributed by atoms with Crippen molar-refractivity contribution in [2.45, 2.75) is 19.1 Å². The van der Waals surface area contributed by atoms with Gasteiger partial charge in [-0.05, 0) is 6.42 Å². The first kappa shape index (κ1) is 14.3. The second-order valence-corrected chi connectivity index (χ2v) is 5.45. The van der Waals surface area contributed by atoms with E-state index in [0.717, 1.165) is 0 Å². The van der Waals surface area contributed by atoms with Gasteiger partial charge in [0.1, 0.15) is 0 Å². The number of aromatic nitrogens is 3. The van der Waals surface area contributed by atoms with E-state index in [1.54, 1.807) is 0 Å². The maximum atomic E-state index is 12.7. The molecule has 0 aliphatic heterocycles. The molecule has 0 aliphatic rings. The molecule has 0 saturated carbocycles. The van der Waals surface area contributed by atoms with Gasteiger partial charge in [0.25, 0.3) is 0 Å². The second kappa shape index (κ2) is 5.48. The van der Waals surface area contributed by atoms with Crippen LogP contribution in [0.25, 0.3) is 0 Å². The van der Waals surface area contributed by atoms with Gasteiger partial charge in [-0.25, -0.2) is 4.98 Å². The van der Waals surface area contributed by atoms with Crippen molar-refractivity contribution in [2.24, 2.45) is 0 Å². The van der Waals surface area contributed by atoms with Gasteiger partial charge in [0.15, 0.2) is 10.2 Å². The van der Waals surface area contributed by atoms with E-state index in [1.807, 2.05) is 0 Å². The lowest BCUT2D eigenvalue weighted by Gasteiger charge is -2.04. The Hall–Kier alpha value is -1.12. The molecule has 2 heterocycles. The van der Waals surface area contributed by atoms with E-state index in [0.29, 0.717) is 9.34 Å². The van der Waals surface area contributed by atoms with Crippen molar-refractivity contribution in [3.05, 3.63) is 33.0 Å². The average Bonchev–Trinajstić information content (AvgIpc) is 2.86. The summed E-state index contributed by atoms with van der Waals surface area (Å²) in [5.74, 6) is 0. The van der Waals surface area contributed by atoms with E-state index in [9.17, 15) is 13.2 Å². The SMILES string of the molecule is OCCc1cn(Cc2cnc(Cl)s2)nc1C(F)(F)F. The Morgan fingerprint density at radius 3 is 2.68 bits per heavy atom. The van der Waals surface area contributed by atoms with Crippen LogP contribution in [0.15, 0.2) is 12.4 Å². The van der Waals surface area contributed by atoms with Crippen LogP contribution in [0.3, 0.4) is 0 Å². The summed E-state index contributed by atoms with van der Waals surface area (Å²) in [5.41, 5.74) is -0.984. The molecule has 0 amide bonds. The Balaban J connectivity index is 2.27. The van der Waals surface area contributed by atoms with Crippen LogP contribution in [0.5, 0.6) is 0 Å². The van der Waals surface area contributed by atoms with Gasteiger partial charge < -0.3 is 5.11 Å². The molecule has 104 valence electrons. The quantitative estimate of drug-likeness (QED) is 0.944. The predicted molar refractivity (Wildman–Crippen MR) is 64.2 cm³/mol. The molecule has 0 aromatic carbocycles. The van der Waals surface area contributed by atoms with Crippen molar-refractivity contribution in [3.8, 4) is 0 Å². The van der Waals surface area contributed by atoms with Gasteiger partial charge in [0.05, 0.1) is 6.54 Å². The van der Waals surface area contributed by atoms with Crippen LogP contribution in [0, 0.1) is 0 Å². The Labute approximate surface area is 115 Å². The van der Waals surface area contributed by atoms with Crippen molar-refractivity contribution in [1.29, 1.82) is 0 Å². The summed E-state index contributed by atoms with van der Waals surface area (Å²) in [6, 6.07) is 0. The first-order valence-electron chi connectivity index (χ1n) is 5.24. The smallest absolute Gasteiger partial charge is 0.396 e. The van der Waals surface area contributed by atoms with Crippen molar-refractivity contribution < 1.29 is 18.3 Å². The molecule has 0 fully saturated rings. The topological polar surface area (TPSA) is 50.9 Å². The molecule has 0 saturated heterocycles. The van der Waals surface area contributed by atoms with Crippen LogP contribution >= 0.6 is 22.9 Å². The number of aliphatic hydroxyl groups is 1. The summed E-state index contributed by atoms with van der Waals surface area (Å²) in [6.45, 7) is -0.194. The Bertz CT molecular complexity index is 567. The zero-order valence-electron chi connectivity index (χ0n) is 9.48. The average molecular weight is 312 g/mol. The molecule has 0 atom stereocenters. The fourth-order valence-corrected chi connectivity index (χ4v) is 2.57. The zero-order chi connectivity index (χ0) is 14.0. The molecular weight excluding hydrogens is 303 g/mol. The molecule has 0 radical (unpaired) electrons. The standard InChI is InChI=1S/C10H9ClF3N3OS/c11-9-15-3-7(19-9)5-17-4-6(1-2-18)8(16-17)10(12,13)14/h3-4,18H,1-2,5H2. The molecule has 2 rings (SSSR count). The fraction of sp³-hybridized carbons (Fsp3) is 0.400. The largest absolute Gasteiger partial charge is 0.435 e. The summed E-state index contributed by atoms with van der Waals surface area (Å²) in [5, 5.41) is 12.3. The van der Waals surface area contributed by atoms with Gasteiger partial charge in [-0.1, -0.05) is 11.6 Å². The van der Waals surface area contributed by atoms with Gasteiger partial charge >= 0.3 is 6.18 Å². The summed E-state index contributed by atoms with van der Waals surface area (Å²) in [6.07, 6.45) is -1.83. The van der Waals surface area contributed by atoms with E-state index in [2.05, 4.69) is 10.1 Å². The minimum atomic E-state index is -4.53. The molecular formula is C10H9ClF3N3OS. The first-order valence-corrected chi connectivity index (χ1v) is 6.44. The Kier molecular flexibility index (Phi) is 4.12. The van der Waals surface area contributed by atoms with E-state index in [4.69, 9.17) is 16.7 Å². The lowest BCUT2D eigenvalue weighted by atomic mass is 10.2. The molecule has 0 unspecified atom stereocenters. The van der Waals surface area contributed by atoms with Gasteiger partial charge in [0.2, 0.25) is 0 Å². The van der Waals surface area contributed by atoms with Crippen LogP contribution in [-0.4, -0.2) is 26.5 Å². The third kappa shape index (κ3) is 3.46. The maximum absolute atomic E-state index is 12.7. The van der Waals surface area contributed by atoms with Gasteiger partial charge in [-0.3, -0.25) is 4.68 Å². The van der Waals surface area contributed by atoms with Crippen molar-refractivity contribution in [1.82, 2.24) is 14.8 Å². The molecule has 0 spiro atoms. The van der Waals surface area contributed by atoms with Crippen LogP contribution in [0.4, 0.5) is 13.2 Å². The van der Waals surface area contributed by atoms with Crippen LogP contribution < -0.4 is 0 Å². The molecule has 9 heteroatoms. The maximum Gasteiger partial charge on any atom is 0.435 e. The third-order valence-corrected chi connectivity index (χ3v) is 3.43. The number of thiazole rings is 1. The van der Waals surface area contributed by atoms with E-state index in [-0.39, 0.29) is 25.1 Å². The lowest BCUT2D eigenvalue weighted by molar-refractivity contribution is -0.142. The molecule has 19 heavy (non-hydrogen) atoms. The third-order valence-electron chi connectivity index (χ3n) is 2.33. The molecule has 2 aromatic rings. The van der Waals surface area contributed by atoms with Gasteiger partial charge in [-0.15, -0.1) is 11.3 Å². The number of aliphatic hydroxyl groups excluding tert-OH is 1. The van der Waals surface area contributed by atoms with Crippen LogP contribution in [-0.2, 0) is 19.1 Å². The van der Waals surface area contributed by atoms with Crippen LogP contribution in [0.2, 0.25) is 4.47 Å². The summed E-state index contributed by atoms with van der Waals surface area (Å²) in [7, 11) is 0.